The molecule has 0 saturated heterocycles. The fourth-order valence-electron chi connectivity index (χ4n) is 2.81. The summed E-state index contributed by atoms with van der Waals surface area (Å²) < 4.78 is 7.46. The van der Waals surface area contributed by atoms with Crippen molar-refractivity contribution in [3.8, 4) is 17.1 Å². The third-order valence-electron chi connectivity index (χ3n) is 3.91. The number of anilines is 1. The predicted molar refractivity (Wildman–Crippen MR) is 92.0 cm³/mol. The monoisotopic (exact) mass is 325 g/mol. The van der Waals surface area contributed by atoms with Gasteiger partial charge in [0, 0.05) is 19.4 Å². The predicted octanol–water partition coefficient (Wildman–Crippen LogP) is 2.56. The SMILES string of the molecule is CCc1ncnc(OC)c1-c1cc2cc(NC(C)=O)ncc2n1C. The van der Waals surface area contributed by atoms with Crippen LogP contribution in [-0.4, -0.2) is 32.5 Å². The number of amides is 1. The highest BCUT2D eigenvalue weighted by Crippen LogP contribution is 2.34. The number of ether oxygens (including phenoxy) is 1. The van der Waals surface area contributed by atoms with Gasteiger partial charge in [0.2, 0.25) is 11.8 Å². The second-order valence-corrected chi connectivity index (χ2v) is 5.46. The summed E-state index contributed by atoms with van der Waals surface area (Å²) >= 11 is 0. The molecule has 7 nitrogen and oxygen atoms in total. The first-order valence-electron chi connectivity index (χ1n) is 7.66. The van der Waals surface area contributed by atoms with Crippen LogP contribution in [0.4, 0.5) is 5.82 Å². The van der Waals surface area contributed by atoms with E-state index in [9.17, 15) is 4.79 Å². The molecule has 0 saturated carbocycles. The summed E-state index contributed by atoms with van der Waals surface area (Å²) in [5.74, 6) is 0.923. The van der Waals surface area contributed by atoms with E-state index in [1.54, 1.807) is 13.3 Å². The highest BCUT2D eigenvalue weighted by Gasteiger charge is 2.18. The van der Waals surface area contributed by atoms with E-state index < -0.39 is 0 Å². The van der Waals surface area contributed by atoms with Gasteiger partial charge in [-0.15, -0.1) is 0 Å². The Bertz CT molecular complexity index is 894. The van der Waals surface area contributed by atoms with Gasteiger partial charge >= 0.3 is 0 Å². The lowest BCUT2D eigenvalue weighted by atomic mass is 10.1. The summed E-state index contributed by atoms with van der Waals surface area (Å²) in [4.78, 5) is 24.1. The minimum Gasteiger partial charge on any atom is -0.480 e. The molecule has 1 N–H and O–H groups in total. The molecule has 0 aliphatic carbocycles. The average molecular weight is 325 g/mol. The quantitative estimate of drug-likeness (QED) is 0.797. The Balaban J connectivity index is 2.21. The molecule has 0 aliphatic rings. The smallest absolute Gasteiger partial charge is 0.225 e. The maximum absolute atomic E-state index is 11.2. The molecule has 7 heteroatoms. The normalized spacial score (nSPS) is 10.8. The molecule has 0 unspecified atom stereocenters. The van der Waals surface area contributed by atoms with Crippen molar-refractivity contribution in [2.75, 3.05) is 12.4 Å². The summed E-state index contributed by atoms with van der Waals surface area (Å²) in [6, 6.07) is 3.88. The van der Waals surface area contributed by atoms with E-state index in [0.29, 0.717) is 11.7 Å². The molecular weight excluding hydrogens is 306 g/mol. The number of fused-ring (bicyclic) bond motifs is 1. The number of aromatic nitrogens is 4. The van der Waals surface area contributed by atoms with Crippen molar-refractivity contribution in [2.45, 2.75) is 20.3 Å². The van der Waals surface area contributed by atoms with Crippen LogP contribution in [0, 0.1) is 0 Å². The molecule has 0 spiro atoms. The van der Waals surface area contributed by atoms with E-state index in [2.05, 4.69) is 20.3 Å². The number of rotatable bonds is 4. The van der Waals surface area contributed by atoms with Crippen LogP contribution in [-0.2, 0) is 18.3 Å². The van der Waals surface area contributed by atoms with Crippen LogP contribution in [0.2, 0.25) is 0 Å². The Hall–Kier alpha value is -2.96. The van der Waals surface area contributed by atoms with Crippen LogP contribution < -0.4 is 10.1 Å². The summed E-state index contributed by atoms with van der Waals surface area (Å²) in [7, 11) is 3.56. The van der Waals surface area contributed by atoms with Gasteiger partial charge < -0.3 is 14.6 Å². The Kier molecular flexibility index (Phi) is 4.16. The first-order chi connectivity index (χ1) is 11.5. The number of hydrogen-bond donors (Lipinski definition) is 1. The largest absolute Gasteiger partial charge is 0.480 e. The Morgan fingerprint density at radius 2 is 2.08 bits per heavy atom. The third-order valence-corrected chi connectivity index (χ3v) is 3.91. The van der Waals surface area contributed by atoms with E-state index in [0.717, 1.165) is 34.3 Å². The number of methoxy groups -OCH3 is 1. The Morgan fingerprint density at radius 3 is 2.75 bits per heavy atom. The molecule has 124 valence electrons. The fourth-order valence-corrected chi connectivity index (χ4v) is 2.81. The number of carbonyl (C=O) groups excluding carboxylic acids is 1. The lowest BCUT2D eigenvalue weighted by Crippen LogP contribution is -2.07. The number of nitrogens with one attached hydrogen (secondary N) is 1. The van der Waals surface area contributed by atoms with Gasteiger partial charge in [0.1, 0.15) is 12.1 Å². The van der Waals surface area contributed by atoms with Gasteiger partial charge in [-0.3, -0.25) is 4.79 Å². The highest BCUT2D eigenvalue weighted by molar-refractivity contribution is 5.93. The molecule has 3 rings (SSSR count). The summed E-state index contributed by atoms with van der Waals surface area (Å²) in [6.07, 6.45) is 4.03. The van der Waals surface area contributed by atoms with Gasteiger partial charge in [-0.05, 0) is 18.6 Å². The number of carbonyl (C=O) groups is 1. The van der Waals surface area contributed by atoms with Crippen LogP contribution in [0.3, 0.4) is 0 Å². The van der Waals surface area contributed by atoms with Crippen molar-refractivity contribution in [3.05, 3.63) is 30.4 Å². The molecule has 0 aliphatic heterocycles. The number of nitrogens with zero attached hydrogens (tertiary/aromatic N) is 4. The van der Waals surface area contributed by atoms with Gasteiger partial charge in [0.05, 0.1) is 35.8 Å². The molecule has 0 fully saturated rings. The van der Waals surface area contributed by atoms with Gasteiger partial charge in [-0.1, -0.05) is 6.92 Å². The van der Waals surface area contributed by atoms with Crippen LogP contribution >= 0.6 is 0 Å². The summed E-state index contributed by atoms with van der Waals surface area (Å²) in [6.45, 7) is 3.51. The first-order valence-corrected chi connectivity index (χ1v) is 7.66. The molecular formula is C17H19N5O2. The van der Waals surface area contributed by atoms with Crippen LogP contribution in [0.1, 0.15) is 19.5 Å². The highest BCUT2D eigenvalue weighted by atomic mass is 16.5. The lowest BCUT2D eigenvalue weighted by Gasteiger charge is -2.12. The maximum Gasteiger partial charge on any atom is 0.225 e. The van der Waals surface area contributed by atoms with Crippen LogP contribution in [0.25, 0.3) is 22.2 Å². The maximum atomic E-state index is 11.2. The van der Waals surface area contributed by atoms with Crippen molar-refractivity contribution in [1.29, 1.82) is 0 Å². The minimum absolute atomic E-state index is 0.149. The van der Waals surface area contributed by atoms with Crippen LogP contribution in [0.15, 0.2) is 24.7 Å². The molecule has 3 heterocycles. The zero-order valence-electron chi connectivity index (χ0n) is 14.1. The molecule has 0 aromatic carbocycles. The Morgan fingerprint density at radius 1 is 1.29 bits per heavy atom. The second kappa shape index (κ2) is 6.27. The molecule has 24 heavy (non-hydrogen) atoms. The topological polar surface area (TPSA) is 81.9 Å². The third kappa shape index (κ3) is 2.68. The van der Waals surface area contributed by atoms with E-state index in [1.807, 2.05) is 30.7 Å². The first kappa shape index (κ1) is 15.9. The van der Waals surface area contributed by atoms with Crippen molar-refractivity contribution in [2.24, 2.45) is 7.05 Å². The fraction of sp³-hybridized carbons (Fsp3) is 0.294. The minimum atomic E-state index is -0.149. The summed E-state index contributed by atoms with van der Waals surface area (Å²) in [5.41, 5.74) is 3.69. The van der Waals surface area contributed by atoms with Gasteiger partial charge in [-0.2, -0.15) is 0 Å². The Labute approximate surface area is 139 Å². The van der Waals surface area contributed by atoms with E-state index in [-0.39, 0.29) is 5.91 Å². The molecule has 0 atom stereocenters. The molecule has 3 aromatic heterocycles. The van der Waals surface area contributed by atoms with Crippen molar-refractivity contribution in [1.82, 2.24) is 19.5 Å². The van der Waals surface area contributed by atoms with Gasteiger partial charge in [0.15, 0.2) is 0 Å². The van der Waals surface area contributed by atoms with E-state index >= 15 is 0 Å². The van der Waals surface area contributed by atoms with Crippen molar-refractivity contribution < 1.29 is 9.53 Å². The zero-order valence-corrected chi connectivity index (χ0v) is 14.1. The standard InChI is InChI=1S/C17H19N5O2/c1-5-12-16(17(24-4)20-9-19-12)13-6-11-7-15(21-10(2)23)18-8-14(11)22(13)3/h6-9H,5H2,1-4H3,(H,18,21,23). The number of hydrogen-bond acceptors (Lipinski definition) is 5. The zero-order chi connectivity index (χ0) is 17.3. The van der Waals surface area contributed by atoms with E-state index in [4.69, 9.17) is 4.74 Å². The molecule has 1 amide bonds. The van der Waals surface area contributed by atoms with Crippen molar-refractivity contribution >= 4 is 22.6 Å². The molecule has 0 bridgehead atoms. The van der Waals surface area contributed by atoms with E-state index in [1.165, 1.54) is 13.3 Å². The van der Waals surface area contributed by atoms with Crippen LogP contribution in [0.5, 0.6) is 5.88 Å². The lowest BCUT2D eigenvalue weighted by molar-refractivity contribution is -0.114. The molecule has 3 aromatic rings. The van der Waals surface area contributed by atoms with Gasteiger partial charge in [0.25, 0.3) is 0 Å². The average Bonchev–Trinajstić information content (AvgIpc) is 2.89. The van der Waals surface area contributed by atoms with Crippen molar-refractivity contribution in [3.63, 3.8) is 0 Å². The number of pyridine rings is 1. The summed E-state index contributed by atoms with van der Waals surface area (Å²) in [5, 5.41) is 3.67. The second-order valence-electron chi connectivity index (χ2n) is 5.46. The number of aryl methyl sites for hydroxylation is 2. The van der Waals surface area contributed by atoms with Gasteiger partial charge in [-0.25, -0.2) is 15.0 Å². The molecule has 0 radical (unpaired) electrons.